The van der Waals surface area contributed by atoms with E-state index in [0.717, 1.165) is 6.42 Å². The first-order valence-electron chi connectivity index (χ1n) is 8.32. The lowest BCUT2D eigenvalue weighted by atomic mass is 9.85. The zero-order valence-electron chi connectivity index (χ0n) is 15.4. The topological polar surface area (TPSA) is 6.48 Å². The Balaban J connectivity index is 4.07. The molecule has 2 nitrogen and oxygen atoms in total. The van der Waals surface area contributed by atoms with E-state index in [1.165, 1.54) is 0 Å². The molecule has 0 aromatic heterocycles. The maximum absolute atomic E-state index is 2.37. The van der Waals surface area contributed by atoms with Gasteiger partial charge in [-0.05, 0) is 30.6 Å². The molecule has 0 heterocycles. The summed E-state index contributed by atoms with van der Waals surface area (Å²) in [6.45, 7) is 17.8. The summed E-state index contributed by atoms with van der Waals surface area (Å²) in [6, 6.07) is 2.18. The third-order valence-corrected chi connectivity index (χ3v) is 3.45. The van der Waals surface area contributed by atoms with Gasteiger partial charge in [0.15, 0.2) is 0 Å². The fraction of sp³-hybridized carbons (Fsp3) is 0.765. The molecule has 0 bridgehead atoms. The van der Waals surface area contributed by atoms with E-state index in [4.69, 9.17) is 0 Å². The molecule has 21 heavy (non-hydrogen) atoms. The van der Waals surface area contributed by atoms with Crippen LogP contribution in [0.3, 0.4) is 0 Å². The van der Waals surface area contributed by atoms with Crippen LogP contribution >= 0.6 is 0 Å². The van der Waals surface area contributed by atoms with Crippen LogP contribution in [-0.2, 0) is 0 Å². The molecule has 0 atom stereocenters. The van der Waals surface area contributed by atoms with E-state index in [9.17, 15) is 0 Å². The Kier molecular flexibility index (Phi) is 10.9. The van der Waals surface area contributed by atoms with Crippen molar-refractivity contribution in [2.75, 3.05) is 0 Å². The van der Waals surface area contributed by atoms with Crippen LogP contribution in [0.15, 0.2) is 24.1 Å². The molecule has 118 valence electrons. The highest BCUT2D eigenvalue weighted by Crippen LogP contribution is 2.04. The fourth-order valence-electron chi connectivity index (χ4n) is 2.44. The normalized spacial score (nSPS) is 13.2. The van der Waals surface area contributed by atoms with Gasteiger partial charge in [-0.2, -0.15) is 0 Å². The Bertz CT molecular complexity index is 264. The van der Waals surface area contributed by atoms with Crippen molar-refractivity contribution in [3.8, 4) is 0 Å². The van der Waals surface area contributed by atoms with E-state index in [1.807, 2.05) is 0 Å². The van der Waals surface area contributed by atoms with Crippen LogP contribution in [0.25, 0.3) is 0 Å². The van der Waals surface area contributed by atoms with E-state index < -0.39 is 0 Å². The van der Waals surface area contributed by atoms with Crippen molar-refractivity contribution in [1.29, 1.82) is 0 Å². The molecule has 0 aliphatic rings. The second-order valence-electron chi connectivity index (χ2n) is 6.66. The Morgan fingerprint density at radius 3 is 1.14 bits per heavy atom. The summed E-state index contributed by atoms with van der Waals surface area (Å²) >= 11 is 0. The number of nitrogens with zero attached hydrogens (tertiary/aromatic N) is 2. The van der Waals surface area contributed by atoms with Gasteiger partial charge >= 0.3 is 0 Å². The average molecular weight is 288 g/mol. The summed E-state index contributed by atoms with van der Waals surface area (Å²) in [7, 11) is 4.39. The highest BCUT2D eigenvalue weighted by molar-refractivity contribution is 6.39. The molecule has 0 saturated heterocycles. The lowest BCUT2D eigenvalue weighted by Crippen LogP contribution is -2.39. The van der Waals surface area contributed by atoms with Gasteiger partial charge in [0.1, 0.15) is 0 Å². The third kappa shape index (κ3) is 9.21. The van der Waals surface area contributed by atoms with Gasteiger partial charge in [0.05, 0.1) is 0 Å². The minimum atomic E-state index is 0.546. The molecule has 0 N–H and O–H groups in total. The largest absolute Gasteiger partial charge is 0.338 e. The second-order valence-corrected chi connectivity index (χ2v) is 6.66. The Hall–Kier alpha value is -0.470. The van der Waals surface area contributed by atoms with Crippen molar-refractivity contribution in [2.24, 2.45) is 0 Å². The first-order chi connectivity index (χ1) is 9.77. The number of hydrogen-bond donors (Lipinski definition) is 0. The minimum absolute atomic E-state index is 0.546. The van der Waals surface area contributed by atoms with Gasteiger partial charge in [0, 0.05) is 0 Å². The molecule has 4 heteroatoms. The first kappa shape index (κ1) is 20.5. The summed E-state index contributed by atoms with van der Waals surface area (Å²) < 4.78 is 0. The Labute approximate surface area is 135 Å². The number of allylic oxidation sites excluding steroid dienone is 2. The summed E-state index contributed by atoms with van der Waals surface area (Å²) in [6.07, 6.45) is 5.38. The van der Waals surface area contributed by atoms with Gasteiger partial charge < -0.3 is 9.62 Å². The fourth-order valence-corrected chi connectivity index (χ4v) is 2.44. The van der Waals surface area contributed by atoms with Gasteiger partial charge in [-0.15, -0.1) is 12.0 Å². The summed E-state index contributed by atoms with van der Waals surface area (Å²) in [5.41, 5.74) is 0. The lowest BCUT2D eigenvalue weighted by molar-refractivity contribution is 0.315. The number of hydrogen-bond acceptors (Lipinski definition) is 2. The van der Waals surface area contributed by atoms with Crippen LogP contribution in [0.5, 0.6) is 0 Å². The standard InChI is InChI=1S/C17H34B2N2/c1-14(2)20(15(3)4)18-12-10-9-11-13-19-21(16(5)6)17(7)8/h10-17H,9H2,1-8H3/b12-10+,13-11?. The molecule has 0 aliphatic heterocycles. The molecule has 0 aromatic rings. The zero-order chi connectivity index (χ0) is 16.4. The molecule has 0 aliphatic carbocycles. The molecule has 0 unspecified atom stereocenters. The molecular formula is C17H34B2N2. The highest BCUT2D eigenvalue weighted by Gasteiger charge is 2.12. The maximum atomic E-state index is 2.37. The van der Waals surface area contributed by atoms with E-state index in [1.54, 1.807) is 0 Å². The Morgan fingerprint density at radius 1 is 0.619 bits per heavy atom. The molecule has 0 saturated carbocycles. The predicted octanol–water partition coefficient (Wildman–Crippen LogP) is 3.88. The van der Waals surface area contributed by atoms with Crippen LogP contribution < -0.4 is 0 Å². The van der Waals surface area contributed by atoms with Gasteiger partial charge in [0.2, 0.25) is 14.8 Å². The van der Waals surface area contributed by atoms with E-state index in [0.29, 0.717) is 24.2 Å². The van der Waals surface area contributed by atoms with Crippen molar-refractivity contribution in [3.63, 3.8) is 0 Å². The minimum Gasteiger partial charge on any atom is -0.338 e. The van der Waals surface area contributed by atoms with Gasteiger partial charge in [-0.1, -0.05) is 67.5 Å². The second kappa shape index (κ2) is 11.1. The first-order valence-corrected chi connectivity index (χ1v) is 8.32. The zero-order valence-corrected chi connectivity index (χ0v) is 15.4. The van der Waals surface area contributed by atoms with Gasteiger partial charge in [0.25, 0.3) is 0 Å². The molecule has 0 fully saturated rings. The molecular weight excluding hydrogens is 254 g/mol. The van der Waals surface area contributed by atoms with E-state index >= 15 is 0 Å². The summed E-state index contributed by atoms with van der Waals surface area (Å²) in [5, 5.41) is 0. The van der Waals surface area contributed by atoms with Gasteiger partial charge in [-0.3, -0.25) is 0 Å². The van der Waals surface area contributed by atoms with E-state index in [2.05, 4.69) is 104 Å². The average Bonchev–Trinajstić information content (AvgIpc) is 2.34. The van der Waals surface area contributed by atoms with E-state index in [-0.39, 0.29) is 0 Å². The van der Waals surface area contributed by atoms with Crippen LogP contribution in [0.2, 0.25) is 0 Å². The highest BCUT2D eigenvalue weighted by atomic mass is 15.1. The van der Waals surface area contributed by atoms with Crippen LogP contribution in [0.1, 0.15) is 61.8 Å². The monoisotopic (exact) mass is 288 g/mol. The molecule has 0 aromatic carbocycles. The van der Waals surface area contributed by atoms with Crippen molar-refractivity contribution in [3.05, 3.63) is 24.1 Å². The van der Waals surface area contributed by atoms with Crippen LogP contribution in [0.4, 0.5) is 0 Å². The summed E-state index contributed by atoms with van der Waals surface area (Å²) in [4.78, 5) is 4.73. The van der Waals surface area contributed by atoms with Gasteiger partial charge in [-0.25, -0.2) is 0 Å². The van der Waals surface area contributed by atoms with Crippen LogP contribution in [-0.4, -0.2) is 48.6 Å². The smallest absolute Gasteiger partial charge is 0.239 e. The van der Waals surface area contributed by atoms with Crippen LogP contribution in [0, 0.1) is 0 Å². The van der Waals surface area contributed by atoms with Crippen molar-refractivity contribution in [1.82, 2.24) is 9.62 Å². The predicted molar refractivity (Wildman–Crippen MR) is 98.6 cm³/mol. The van der Waals surface area contributed by atoms with Crippen molar-refractivity contribution < 1.29 is 0 Å². The molecule has 0 spiro atoms. The molecule has 2 radical (unpaired) electrons. The number of rotatable bonds is 10. The molecule has 0 amide bonds. The van der Waals surface area contributed by atoms with Crippen molar-refractivity contribution in [2.45, 2.75) is 86.0 Å². The third-order valence-electron chi connectivity index (χ3n) is 3.45. The van der Waals surface area contributed by atoms with Crippen molar-refractivity contribution >= 4 is 14.8 Å². The SMILES string of the molecule is CC(C)N([B]C=CC/C=C/[B]N(C(C)C)C(C)C)C(C)C. The molecule has 0 rings (SSSR count). The quantitative estimate of drug-likeness (QED) is 0.563. The Morgan fingerprint density at radius 2 is 0.905 bits per heavy atom. The maximum Gasteiger partial charge on any atom is 0.239 e. The summed E-state index contributed by atoms with van der Waals surface area (Å²) in [5.74, 6) is 4.32. The lowest BCUT2D eigenvalue weighted by Gasteiger charge is -2.29.